The van der Waals surface area contributed by atoms with Crippen molar-refractivity contribution in [3.63, 3.8) is 0 Å². The van der Waals surface area contributed by atoms with E-state index in [0.717, 1.165) is 57.7 Å². The number of benzene rings is 4. The van der Waals surface area contributed by atoms with Gasteiger partial charge in [-0.3, -0.25) is 19.2 Å². The molecule has 6 atom stereocenters. The number of carbonyl (C=O) groups is 4. The highest BCUT2D eigenvalue weighted by Gasteiger charge is 2.42. The van der Waals surface area contributed by atoms with Gasteiger partial charge in [0.15, 0.2) is 0 Å². The molecule has 0 radical (unpaired) electrons. The van der Waals surface area contributed by atoms with E-state index in [1.807, 2.05) is 94.1 Å². The lowest BCUT2D eigenvalue weighted by Gasteiger charge is -2.37. The number of likely N-dealkylation sites (N-methyl/N-ethyl adjacent to an activating group) is 2. The third-order valence-electron chi connectivity index (χ3n) is 13.7. The Hall–Kier alpha value is -4.07. The first kappa shape index (κ1) is 63.0. The Morgan fingerprint density at radius 2 is 1.49 bits per heavy atom. The van der Waals surface area contributed by atoms with Crippen LogP contribution in [0.1, 0.15) is 66.2 Å². The first-order chi connectivity index (χ1) is 31.6. The van der Waals surface area contributed by atoms with Gasteiger partial charge in [-0.2, -0.15) is 67.5 Å². The van der Waals surface area contributed by atoms with Crippen molar-refractivity contribution in [2.24, 2.45) is 24.8 Å². The number of imidazole rings is 1. The van der Waals surface area contributed by atoms with E-state index in [0.29, 0.717) is 35.9 Å². The zero-order valence-corrected chi connectivity index (χ0v) is 47.4. The van der Waals surface area contributed by atoms with Crippen LogP contribution in [0.4, 0.5) is 0 Å². The maximum atomic E-state index is 15.2. The van der Waals surface area contributed by atoms with Crippen molar-refractivity contribution in [3.8, 4) is 22.8 Å². The summed E-state index contributed by atoms with van der Waals surface area (Å²) in [6.45, 7) is 3.96. The minimum absolute atomic E-state index is 0. The molecule has 0 spiro atoms. The number of amides is 3. The van der Waals surface area contributed by atoms with Gasteiger partial charge in [-0.1, -0.05) is 74.0 Å². The van der Waals surface area contributed by atoms with Gasteiger partial charge in [0.05, 0.1) is 37.0 Å². The van der Waals surface area contributed by atoms with Gasteiger partial charge in [-0.05, 0) is 122 Å². The summed E-state index contributed by atoms with van der Waals surface area (Å²) in [5, 5.41) is 14.0. The maximum Gasteiger partial charge on any atom is 0.247 e. The molecule has 1 unspecified atom stereocenters. The van der Waals surface area contributed by atoms with Crippen molar-refractivity contribution in [2.45, 2.75) is 76.9 Å². The lowest BCUT2D eigenvalue weighted by molar-refractivity contribution is -0.144. The Balaban J connectivity index is 0.00000346. The molecule has 1 saturated heterocycles. The van der Waals surface area contributed by atoms with E-state index in [2.05, 4.69) is 38.8 Å². The lowest BCUT2D eigenvalue weighted by Crippen LogP contribution is -2.56. The number of aliphatic hydroxyl groups is 1. The fraction of sp³-hybridized carbons (Fsp3) is 0.415. The minimum Gasteiger partial charge on any atom is -0.457 e. The number of hydrogen-bond donors (Lipinski definition) is 2. The topological polar surface area (TPSA) is 137 Å². The molecule has 5 aromatic rings. The molecule has 2 N–H and O–H groups in total. The summed E-state index contributed by atoms with van der Waals surface area (Å²) in [4.78, 5) is 68.8. The molecule has 388 valence electrons. The summed E-state index contributed by atoms with van der Waals surface area (Å²) in [6, 6.07) is 27.4. The Morgan fingerprint density at radius 3 is 2.14 bits per heavy atom. The highest BCUT2D eigenvalue weighted by atomic mass is 35.5. The van der Waals surface area contributed by atoms with Gasteiger partial charge < -0.3 is 34.4 Å². The number of nitrogens with zero attached hydrogens (tertiary/aromatic N) is 5. The number of fused-ring (bicyclic) bond motifs is 1. The van der Waals surface area contributed by atoms with Gasteiger partial charge in [0.25, 0.3) is 0 Å². The van der Waals surface area contributed by atoms with E-state index in [1.165, 1.54) is 4.90 Å². The summed E-state index contributed by atoms with van der Waals surface area (Å²) in [5.74, 6) is -2.16. The summed E-state index contributed by atoms with van der Waals surface area (Å²) >= 11 is 6.21. The van der Waals surface area contributed by atoms with Crippen molar-refractivity contribution >= 4 is 103 Å². The smallest absolute Gasteiger partial charge is 0.247 e. The number of halogens is 1. The number of nitrogens with one attached hydrogen (secondary N) is 1. The molecular formula is C53H73ClN6O6S5. The monoisotopic (exact) mass is 1080 g/mol. The van der Waals surface area contributed by atoms with Crippen molar-refractivity contribution in [1.29, 1.82) is 0 Å². The fourth-order valence-electron chi connectivity index (χ4n) is 9.64. The standard InChI is InChI=1S/C53H63ClN6O6.5H2S/c1-8-34-13-16-38(49(26-34)66-41-22-17-37(18-23-41)47-29-55-50(60(47)7)31-57(3)4)27-44-33(2)51(63)56-46(32-61)53(65)59(6)40(25-35-14-20-39(54)21-15-35)30-58(5)52(64)45(28-48(44)62)43-24-19-36-11-9-10-12-42(36)43;;;;;/h9-18,20-23,26,29,33,40,43-46,61H,8,19,24-25,27-28,30-32H2,1-7H3,(H,56,63);5*1H2/t33-,40+,43-,44?,45+,46+;;;;;/m1...../s1. The fourth-order valence-corrected chi connectivity index (χ4v) is 9.76. The van der Waals surface area contributed by atoms with Crippen LogP contribution in [0.25, 0.3) is 11.3 Å². The van der Waals surface area contributed by atoms with Crippen molar-refractivity contribution in [2.75, 3.05) is 41.3 Å². The molecule has 2 aliphatic rings. The van der Waals surface area contributed by atoms with Gasteiger partial charge in [-0.15, -0.1) is 0 Å². The summed E-state index contributed by atoms with van der Waals surface area (Å²) in [5.41, 5.74) is 6.84. The van der Waals surface area contributed by atoms with Crippen molar-refractivity contribution < 1.29 is 29.0 Å². The van der Waals surface area contributed by atoms with Crippen molar-refractivity contribution in [1.82, 2.24) is 29.6 Å². The Bertz CT molecular complexity index is 2550. The van der Waals surface area contributed by atoms with Crippen LogP contribution in [0.3, 0.4) is 0 Å². The predicted molar refractivity (Wildman–Crippen MR) is 309 cm³/mol. The SMILES string of the molecule is CCc1ccc(CC2C(=O)C[C@@H]([C@@H]3CCc4ccccc43)C(=O)N(C)C[C@H](Cc3ccc(Cl)cc3)N(C)C(=O)[C@H](CO)NC(=O)[C@@H]2C)c(Oc2ccc(-c3cnc(CN(C)C)n3C)cc2)c1.S.S.S.S.S. The van der Waals surface area contributed by atoms with Crippen molar-refractivity contribution in [3.05, 3.63) is 136 Å². The quantitative estimate of drug-likeness (QED) is 0.129. The average molecular weight is 1090 g/mol. The van der Waals surface area contributed by atoms with Gasteiger partial charge in [0.1, 0.15) is 29.1 Å². The first-order valence-corrected chi connectivity index (χ1v) is 23.4. The zero-order chi connectivity index (χ0) is 47.2. The second-order valence-corrected chi connectivity index (χ2v) is 18.8. The van der Waals surface area contributed by atoms with E-state index in [-0.39, 0.29) is 104 Å². The van der Waals surface area contributed by atoms with Crippen LogP contribution in [0.15, 0.2) is 97.2 Å². The van der Waals surface area contributed by atoms with E-state index in [9.17, 15) is 14.7 Å². The molecule has 1 aromatic heterocycles. The number of ether oxygens (including phenoxy) is 1. The number of hydrogen-bond acceptors (Lipinski definition) is 8. The highest BCUT2D eigenvalue weighted by molar-refractivity contribution is 7.60. The number of rotatable bonds is 12. The zero-order valence-electron chi connectivity index (χ0n) is 41.7. The van der Waals surface area contributed by atoms with Gasteiger partial charge in [0, 0.05) is 56.5 Å². The van der Waals surface area contributed by atoms with Crippen LogP contribution in [-0.4, -0.2) is 106 Å². The Labute approximate surface area is 459 Å². The Morgan fingerprint density at radius 1 is 0.831 bits per heavy atom. The van der Waals surface area contributed by atoms with E-state index < -0.39 is 48.3 Å². The number of Topliss-reactive ketones (excluding diaryl/α,β-unsaturated/α-hetero) is 1. The number of aromatic nitrogens is 2. The normalized spacial score (nSPS) is 20.5. The molecule has 71 heavy (non-hydrogen) atoms. The third kappa shape index (κ3) is 15.0. The first-order valence-electron chi connectivity index (χ1n) is 23.0. The second-order valence-electron chi connectivity index (χ2n) is 18.4. The number of aryl methyl sites for hydroxylation is 2. The molecule has 7 rings (SSSR count). The van der Waals surface area contributed by atoms with Gasteiger partial charge in [-0.25, -0.2) is 4.98 Å². The largest absolute Gasteiger partial charge is 0.457 e. The molecule has 3 amide bonds. The highest BCUT2D eigenvalue weighted by Crippen LogP contribution is 2.42. The van der Waals surface area contributed by atoms with Crippen LogP contribution in [0.5, 0.6) is 11.5 Å². The summed E-state index contributed by atoms with van der Waals surface area (Å²) in [7, 11) is 9.40. The number of aliphatic hydroxyl groups excluding tert-OH is 1. The second kappa shape index (κ2) is 28.4. The molecule has 1 aliphatic heterocycles. The van der Waals surface area contributed by atoms with Crippen LogP contribution < -0.4 is 10.1 Å². The van der Waals surface area contributed by atoms with Gasteiger partial charge >= 0.3 is 0 Å². The molecule has 1 aliphatic carbocycles. The summed E-state index contributed by atoms with van der Waals surface area (Å²) in [6.07, 6.45) is 4.54. The molecule has 12 nitrogen and oxygen atoms in total. The van der Waals surface area contributed by atoms with Crippen LogP contribution in [0, 0.1) is 17.8 Å². The van der Waals surface area contributed by atoms with E-state index in [1.54, 1.807) is 38.1 Å². The lowest BCUT2D eigenvalue weighted by atomic mass is 9.76. The Kier molecular flexibility index (Phi) is 25.2. The molecule has 2 heterocycles. The number of carbonyl (C=O) groups excluding carboxylic acids is 4. The van der Waals surface area contributed by atoms with Gasteiger partial charge in [0.2, 0.25) is 17.7 Å². The van der Waals surface area contributed by atoms with E-state index >= 15 is 9.59 Å². The van der Waals surface area contributed by atoms with E-state index in [4.69, 9.17) is 16.3 Å². The number of ketones is 1. The minimum atomic E-state index is -1.28. The van der Waals surface area contributed by atoms with Crippen LogP contribution in [0.2, 0.25) is 5.02 Å². The molecule has 0 saturated carbocycles. The molecule has 4 aromatic carbocycles. The molecular weight excluding hydrogens is 1010 g/mol. The average Bonchev–Trinajstić information content (AvgIpc) is 3.91. The predicted octanol–water partition coefficient (Wildman–Crippen LogP) is 7.84. The van der Waals surface area contributed by atoms with Crippen LogP contribution >= 0.6 is 79.1 Å². The molecule has 18 heteroatoms. The summed E-state index contributed by atoms with van der Waals surface area (Å²) < 4.78 is 8.72. The molecule has 0 bridgehead atoms. The van der Waals surface area contributed by atoms with Crippen LogP contribution in [-0.2, 0) is 58.5 Å². The maximum absolute atomic E-state index is 15.2. The molecule has 1 fully saturated rings. The third-order valence-corrected chi connectivity index (χ3v) is 13.9.